The third-order valence-electron chi connectivity index (χ3n) is 3.09. The Labute approximate surface area is 139 Å². The van der Waals surface area contributed by atoms with Gasteiger partial charge < -0.3 is 5.32 Å². The van der Waals surface area contributed by atoms with Crippen LogP contribution in [0.5, 0.6) is 0 Å². The zero-order valence-electron chi connectivity index (χ0n) is 12.1. The predicted molar refractivity (Wildman–Crippen MR) is 84.0 cm³/mol. The normalized spacial score (nSPS) is 10.6. The number of amides is 1. The number of anilines is 1. The van der Waals surface area contributed by atoms with Crippen molar-refractivity contribution < 1.29 is 18.0 Å². The van der Waals surface area contributed by atoms with E-state index in [0.29, 0.717) is 16.4 Å². The molecular formula is C16H10F3N3OS. The highest BCUT2D eigenvalue weighted by Gasteiger charge is 2.16. The van der Waals surface area contributed by atoms with Gasteiger partial charge in [-0.25, -0.2) is 18.2 Å². The molecule has 3 rings (SSSR count). The van der Waals surface area contributed by atoms with E-state index in [0.717, 1.165) is 12.1 Å². The number of thiazole rings is 1. The first-order valence-corrected chi connectivity index (χ1v) is 7.71. The van der Waals surface area contributed by atoms with Gasteiger partial charge in [0.15, 0.2) is 17.5 Å². The number of rotatable bonds is 4. The predicted octanol–water partition coefficient (Wildman–Crippen LogP) is 3.80. The number of nitrogens with zero attached hydrogens (tertiary/aromatic N) is 2. The van der Waals surface area contributed by atoms with Gasteiger partial charge in [0.25, 0.3) is 0 Å². The molecule has 0 unspecified atom stereocenters. The average Bonchev–Trinajstić information content (AvgIpc) is 3.04. The summed E-state index contributed by atoms with van der Waals surface area (Å²) in [6.07, 6.45) is 1.51. The summed E-state index contributed by atoms with van der Waals surface area (Å²) in [5, 5.41) is 4.54. The number of nitrogens with one attached hydrogen (secondary N) is 1. The SMILES string of the molecule is O=C(Cc1csc(-c2ccccn2)n1)Nc1ccc(F)c(F)c1F. The van der Waals surface area contributed by atoms with E-state index in [1.807, 2.05) is 6.07 Å². The van der Waals surface area contributed by atoms with Crippen molar-refractivity contribution in [3.8, 4) is 10.7 Å². The summed E-state index contributed by atoms with van der Waals surface area (Å²) in [5.74, 6) is -4.96. The highest BCUT2D eigenvalue weighted by molar-refractivity contribution is 7.13. The molecule has 0 bridgehead atoms. The average molecular weight is 349 g/mol. The quantitative estimate of drug-likeness (QED) is 0.729. The first-order chi connectivity index (χ1) is 11.5. The number of pyridine rings is 1. The van der Waals surface area contributed by atoms with Crippen LogP contribution in [0, 0.1) is 17.5 Å². The lowest BCUT2D eigenvalue weighted by molar-refractivity contribution is -0.115. The molecule has 3 aromatic rings. The number of aromatic nitrogens is 2. The molecule has 0 aliphatic heterocycles. The fourth-order valence-corrected chi connectivity index (χ4v) is 2.77. The van der Waals surface area contributed by atoms with Crippen molar-refractivity contribution in [3.05, 3.63) is 65.1 Å². The number of benzene rings is 1. The molecule has 0 saturated carbocycles. The van der Waals surface area contributed by atoms with Crippen LogP contribution in [-0.2, 0) is 11.2 Å². The summed E-state index contributed by atoms with van der Waals surface area (Å²) in [6, 6.07) is 7.10. The van der Waals surface area contributed by atoms with Crippen LogP contribution in [0.3, 0.4) is 0 Å². The van der Waals surface area contributed by atoms with Gasteiger partial charge in [-0.2, -0.15) is 0 Å². The Morgan fingerprint density at radius 2 is 1.96 bits per heavy atom. The van der Waals surface area contributed by atoms with Gasteiger partial charge in [0.1, 0.15) is 5.01 Å². The largest absolute Gasteiger partial charge is 0.323 e. The Kier molecular flexibility index (Phi) is 4.57. The first kappa shape index (κ1) is 16.1. The fourth-order valence-electron chi connectivity index (χ4n) is 1.98. The van der Waals surface area contributed by atoms with Gasteiger partial charge >= 0.3 is 0 Å². The van der Waals surface area contributed by atoms with Gasteiger partial charge in [-0.05, 0) is 24.3 Å². The minimum atomic E-state index is -1.63. The lowest BCUT2D eigenvalue weighted by Gasteiger charge is -2.06. The second kappa shape index (κ2) is 6.79. The molecule has 0 aliphatic carbocycles. The monoisotopic (exact) mass is 349 g/mol. The number of carbonyl (C=O) groups is 1. The van der Waals surface area contributed by atoms with Crippen LogP contribution in [0.25, 0.3) is 10.7 Å². The van der Waals surface area contributed by atoms with Crippen molar-refractivity contribution in [1.29, 1.82) is 0 Å². The van der Waals surface area contributed by atoms with Gasteiger partial charge in [0, 0.05) is 11.6 Å². The molecule has 122 valence electrons. The standard InChI is InChI=1S/C16H10F3N3OS/c17-10-4-5-11(15(19)14(10)18)22-13(23)7-9-8-24-16(21-9)12-3-1-2-6-20-12/h1-6,8H,7H2,(H,22,23). The highest BCUT2D eigenvalue weighted by Crippen LogP contribution is 2.23. The van der Waals surface area contributed by atoms with Crippen molar-refractivity contribution in [1.82, 2.24) is 9.97 Å². The van der Waals surface area contributed by atoms with Gasteiger partial charge in [-0.3, -0.25) is 9.78 Å². The van der Waals surface area contributed by atoms with Crippen molar-refractivity contribution in [2.45, 2.75) is 6.42 Å². The second-order valence-electron chi connectivity index (χ2n) is 4.81. The van der Waals surface area contributed by atoms with E-state index in [-0.39, 0.29) is 6.42 Å². The van der Waals surface area contributed by atoms with Crippen molar-refractivity contribution in [2.24, 2.45) is 0 Å². The summed E-state index contributed by atoms with van der Waals surface area (Å²) in [5.41, 5.74) is 0.737. The number of hydrogen-bond acceptors (Lipinski definition) is 4. The lowest BCUT2D eigenvalue weighted by Crippen LogP contribution is -2.16. The van der Waals surface area contributed by atoms with E-state index in [1.165, 1.54) is 11.3 Å². The lowest BCUT2D eigenvalue weighted by atomic mass is 10.2. The van der Waals surface area contributed by atoms with Crippen molar-refractivity contribution >= 4 is 22.9 Å². The van der Waals surface area contributed by atoms with Crippen molar-refractivity contribution in [2.75, 3.05) is 5.32 Å². The van der Waals surface area contributed by atoms with Crippen LogP contribution in [-0.4, -0.2) is 15.9 Å². The third kappa shape index (κ3) is 3.43. The van der Waals surface area contributed by atoms with Gasteiger partial charge in [-0.15, -0.1) is 11.3 Å². The molecule has 0 fully saturated rings. The van der Waals surface area contributed by atoms with E-state index >= 15 is 0 Å². The molecule has 1 N–H and O–H groups in total. The number of halogens is 3. The van der Waals surface area contributed by atoms with Crippen LogP contribution in [0.2, 0.25) is 0 Å². The van der Waals surface area contributed by atoms with Crippen LogP contribution >= 0.6 is 11.3 Å². The Morgan fingerprint density at radius 1 is 1.12 bits per heavy atom. The minimum absolute atomic E-state index is 0.123. The summed E-state index contributed by atoms with van der Waals surface area (Å²) in [4.78, 5) is 20.4. The van der Waals surface area contributed by atoms with Gasteiger partial charge in [-0.1, -0.05) is 6.07 Å². The molecule has 1 aromatic carbocycles. The summed E-state index contributed by atoms with van der Waals surface area (Å²) >= 11 is 1.32. The number of hydrogen-bond donors (Lipinski definition) is 1. The molecule has 2 aromatic heterocycles. The van der Waals surface area contributed by atoms with Crippen LogP contribution in [0.1, 0.15) is 5.69 Å². The summed E-state index contributed by atoms with van der Waals surface area (Å²) in [6.45, 7) is 0. The van der Waals surface area contributed by atoms with E-state index in [9.17, 15) is 18.0 Å². The fraction of sp³-hybridized carbons (Fsp3) is 0.0625. The molecular weight excluding hydrogens is 339 g/mol. The second-order valence-corrected chi connectivity index (χ2v) is 5.66. The van der Waals surface area contributed by atoms with E-state index in [4.69, 9.17) is 0 Å². The first-order valence-electron chi connectivity index (χ1n) is 6.84. The molecule has 1 amide bonds. The van der Waals surface area contributed by atoms with Gasteiger partial charge in [0.05, 0.1) is 23.5 Å². The van der Waals surface area contributed by atoms with Crippen LogP contribution in [0.4, 0.5) is 18.9 Å². The molecule has 8 heteroatoms. The van der Waals surface area contributed by atoms with Crippen molar-refractivity contribution in [3.63, 3.8) is 0 Å². The van der Waals surface area contributed by atoms with Crippen LogP contribution < -0.4 is 5.32 Å². The Morgan fingerprint density at radius 3 is 2.71 bits per heavy atom. The maximum Gasteiger partial charge on any atom is 0.230 e. The Hall–Kier alpha value is -2.74. The molecule has 0 radical (unpaired) electrons. The zero-order chi connectivity index (χ0) is 17.1. The maximum atomic E-state index is 13.5. The number of carbonyl (C=O) groups excluding carboxylic acids is 1. The van der Waals surface area contributed by atoms with E-state index < -0.39 is 29.0 Å². The van der Waals surface area contributed by atoms with E-state index in [2.05, 4.69) is 15.3 Å². The summed E-state index contributed by atoms with van der Waals surface area (Å²) in [7, 11) is 0. The zero-order valence-corrected chi connectivity index (χ0v) is 12.9. The minimum Gasteiger partial charge on any atom is -0.323 e. The topological polar surface area (TPSA) is 54.9 Å². The molecule has 0 spiro atoms. The molecule has 0 aliphatic rings. The Balaban J connectivity index is 1.70. The molecule has 2 heterocycles. The smallest absolute Gasteiger partial charge is 0.230 e. The molecule has 0 atom stereocenters. The third-order valence-corrected chi connectivity index (χ3v) is 4.00. The highest BCUT2D eigenvalue weighted by atomic mass is 32.1. The van der Waals surface area contributed by atoms with Gasteiger partial charge in [0.2, 0.25) is 5.91 Å². The molecule has 0 saturated heterocycles. The summed E-state index contributed by atoms with van der Waals surface area (Å²) < 4.78 is 39.5. The molecule has 24 heavy (non-hydrogen) atoms. The molecule has 4 nitrogen and oxygen atoms in total. The maximum absolute atomic E-state index is 13.5. The van der Waals surface area contributed by atoms with E-state index in [1.54, 1.807) is 23.7 Å². The van der Waals surface area contributed by atoms with Crippen LogP contribution in [0.15, 0.2) is 41.9 Å². The Bertz CT molecular complexity index is 884.